The summed E-state index contributed by atoms with van der Waals surface area (Å²) < 4.78 is 5.66. The Balaban J connectivity index is 1.94. The second-order valence-electron chi connectivity index (χ2n) is 4.38. The maximum atomic E-state index is 10.8. The highest BCUT2D eigenvalue weighted by molar-refractivity contribution is 5.88. The topological polar surface area (TPSA) is 66.6 Å². The maximum absolute atomic E-state index is 10.8. The molecule has 3 rings (SSSR count). The summed E-state index contributed by atoms with van der Waals surface area (Å²) in [7, 11) is 1.82. The molecule has 1 N–H and O–H groups in total. The van der Waals surface area contributed by atoms with E-state index in [0.717, 1.165) is 16.8 Å². The summed E-state index contributed by atoms with van der Waals surface area (Å²) in [6.07, 6.45) is 0. The summed E-state index contributed by atoms with van der Waals surface area (Å²) in [5.41, 5.74) is 2.56. The number of carboxylic acids is 1. The third-order valence-electron chi connectivity index (χ3n) is 3.07. The third-order valence-corrected chi connectivity index (χ3v) is 3.07. The van der Waals surface area contributed by atoms with Gasteiger partial charge in [-0.25, -0.2) is 4.79 Å². The van der Waals surface area contributed by atoms with Gasteiger partial charge in [0.15, 0.2) is 5.58 Å². The molecule has 100 valence electrons. The van der Waals surface area contributed by atoms with Crippen LogP contribution in [-0.2, 0) is 0 Å². The molecule has 5 nitrogen and oxygen atoms in total. The van der Waals surface area contributed by atoms with E-state index in [1.54, 1.807) is 29.2 Å². The van der Waals surface area contributed by atoms with E-state index < -0.39 is 5.97 Å². The summed E-state index contributed by atoms with van der Waals surface area (Å²) in [6, 6.07) is 14.5. The van der Waals surface area contributed by atoms with Crippen molar-refractivity contribution in [3.63, 3.8) is 0 Å². The molecule has 5 heteroatoms. The first-order chi connectivity index (χ1) is 9.65. The number of oxazole rings is 1. The highest BCUT2D eigenvalue weighted by atomic mass is 16.4. The number of nitrogens with zero attached hydrogens (tertiary/aromatic N) is 2. The molecule has 1 aromatic heterocycles. The van der Waals surface area contributed by atoms with Crippen LogP contribution in [-0.4, -0.2) is 23.1 Å². The largest absolute Gasteiger partial charge is 0.478 e. The number of anilines is 2. The van der Waals surface area contributed by atoms with Crippen LogP contribution in [0.25, 0.3) is 11.1 Å². The van der Waals surface area contributed by atoms with Gasteiger partial charge in [-0.3, -0.25) is 4.90 Å². The number of para-hydroxylation sites is 2. The van der Waals surface area contributed by atoms with Crippen LogP contribution in [0.5, 0.6) is 0 Å². The predicted molar refractivity (Wildman–Crippen MR) is 75.5 cm³/mol. The molecule has 1 heterocycles. The van der Waals surface area contributed by atoms with Crippen LogP contribution in [0.4, 0.5) is 11.7 Å². The van der Waals surface area contributed by atoms with Gasteiger partial charge >= 0.3 is 12.0 Å². The zero-order chi connectivity index (χ0) is 14.1. The summed E-state index contributed by atoms with van der Waals surface area (Å²) in [4.78, 5) is 17.0. The summed E-state index contributed by atoms with van der Waals surface area (Å²) >= 11 is 0. The number of carbonyl (C=O) groups is 1. The van der Waals surface area contributed by atoms with Gasteiger partial charge in [-0.1, -0.05) is 12.1 Å². The fourth-order valence-corrected chi connectivity index (χ4v) is 1.94. The van der Waals surface area contributed by atoms with Crippen molar-refractivity contribution in [1.82, 2.24) is 4.98 Å². The zero-order valence-corrected chi connectivity index (χ0v) is 10.8. The number of aromatic nitrogens is 1. The molecule has 0 amide bonds. The Hall–Kier alpha value is -2.82. The Kier molecular flexibility index (Phi) is 2.87. The standard InChI is InChI=1S/C15H12N2O3/c1-17(11-8-6-10(7-9-11)14(18)19)15-16-12-4-2-3-5-13(12)20-15/h2-9H,1H3,(H,18,19). The normalized spacial score (nSPS) is 10.7. The van der Waals surface area contributed by atoms with E-state index >= 15 is 0 Å². The molecule has 0 aliphatic carbocycles. The number of carboxylic acid groups (broad SMARTS) is 1. The Morgan fingerprint density at radius 1 is 1.15 bits per heavy atom. The number of fused-ring (bicyclic) bond motifs is 1. The van der Waals surface area contributed by atoms with E-state index in [1.807, 2.05) is 31.3 Å². The number of hydrogen-bond acceptors (Lipinski definition) is 4. The molecule has 0 atom stereocenters. The van der Waals surface area contributed by atoms with Gasteiger partial charge < -0.3 is 9.52 Å². The molecule has 3 aromatic rings. The molecule has 0 spiro atoms. The van der Waals surface area contributed by atoms with Crippen molar-refractivity contribution < 1.29 is 14.3 Å². The minimum Gasteiger partial charge on any atom is -0.478 e. The van der Waals surface area contributed by atoms with Crippen LogP contribution in [0.15, 0.2) is 52.9 Å². The van der Waals surface area contributed by atoms with E-state index in [1.165, 1.54) is 0 Å². The lowest BCUT2D eigenvalue weighted by atomic mass is 10.2. The molecule has 0 fully saturated rings. The Morgan fingerprint density at radius 2 is 1.85 bits per heavy atom. The highest BCUT2D eigenvalue weighted by Gasteiger charge is 2.12. The first-order valence-corrected chi connectivity index (χ1v) is 6.08. The second kappa shape index (κ2) is 4.70. The van der Waals surface area contributed by atoms with Gasteiger partial charge in [-0.15, -0.1) is 0 Å². The predicted octanol–water partition coefficient (Wildman–Crippen LogP) is 3.29. The fourth-order valence-electron chi connectivity index (χ4n) is 1.94. The van der Waals surface area contributed by atoms with Gasteiger partial charge in [0.1, 0.15) is 5.52 Å². The van der Waals surface area contributed by atoms with E-state index in [-0.39, 0.29) is 5.56 Å². The van der Waals surface area contributed by atoms with E-state index in [9.17, 15) is 4.79 Å². The maximum Gasteiger partial charge on any atom is 0.335 e. The van der Waals surface area contributed by atoms with Gasteiger partial charge in [0.25, 0.3) is 0 Å². The molecular weight excluding hydrogens is 256 g/mol. The minimum absolute atomic E-state index is 0.250. The van der Waals surface area contributed by atoms with Crippen LogP contribution in [0, 0.1) is 0 Å². The van der Waals surface area contributed by atoms with Gasteiger partial charge in [0.05, 0.1) is 5.56 Å². The van der Waals surface area contributed by atoms with E-state index in [0.29, 0.717) is 6.01 Å². The lowest BCUT2D eigenvalue weighted by molar-refractivity contribution is 0.0697. The van der Waals surface area contributed by atoms with E-state index in [2.05, 4.69) is 4.98 Å². The third kappa shape index (κ3) is 2.09. The number of aromatic carboxylic acids is 1. The Morgan fingerprint density at radius 3 is 2.50 bits per heavy atom. The van der Waals surface area contributed by atoms with Crippen molar-refractivity contribution in [3.8, 4) is 0 Å². The van der Waals surface area contributed by atoms with Crippen LogP contribution >= 0.6 is 0 Å². The van der Waals surface area contributed by atoms with Crippen LogP contribution in [0.1, 0.15) is 10.4 Å². The Bertz CT molecular complexity index is 729. The van der Waals surface area contributed by atoms with Crippen molar-refractivity contribution in [2.45, 2.75) is 0 Å². The molecule has 20 heavy (non-hydrogen) atoms. The summed E-state index contributed by atoms with van der Waals surface area (Å²) in [5.74, 6) is -0.943. The fraction of sp³-hybridized carbons (Fsp3) is 0.0667. The zero-order valence-electron chi connectivity index (χ0n) is 10.8. The van der Waals surface area contributed by atoms with Crippen molar-refractivity contribution in [2.24, 2.45) is 0 Å². The van der Waals surface area contributed by atoms with Crippen molar-refractivity contribution in [2.75, 3.05) is 11.9 Å². The highest BCUT2D eigenvalue weighted by Crippen LogP contribution is 2.26. The molecule has 0 unspecified atom stereocenters. The molecule has 0 saturated carbocycles. The van der Waals surface area contributed by atoms with Crippen LogP contribution in [0.2, 0.25) is 0 Å². The second-order valence-corrected chi connectivity index (χ2v) is 4.38. The number of benzene rings is 2. The first kappa shape index (κ1) is 12.2. The molecule has 0 radical (unpaired) electrons. The van der Waals surface area contributed by atoms with Crippen molar-refractivity contribution >= 4 is 28.8 Å². The molecule has 0 aliphatic rings. The van der Waals surface area contributed by atoms with Crippen LogP contribution in [0.3, 0.4) is 0 Å². The number of hydrogen-bond donors (Lipinski definition) is 1. The smallest absolute Gasteiger partial charge is 0.335 e. The lowest BCUT2D eigenvalue weighted by Crippen LogP contribution is -2.09. The number of rotatable bonds is 3. The molecule has 0 bridgehead atoms. The monoisotopic (exact) mass is 268 g/mol. The Labute approximate surface area is 115 Å². The minimum atomic E-state index is -0.943. The van der Waals surface area contributed by atoms with Gasteiger partial charge in [0, 0.05) is 12.7 Å². The molecule has 0 saturated heterocycles. The van der Waals surface area contributed by atoms with Crippen molar-refractivity contribution in [1.29, 1.82) is 0 Å². The first-order valence-electron chi connectivity index (χ1n) is 6.08. The summed E-state index contributed by atoms with van der Waals surface area (Å²) in [6.45, 7) is 0. The van der Waals surface area contributed by atoms with E-state index in [4.69, 9.17) is 9.52 Å². The van der Waals surface area contributed by atoms with Gasteiger partial charge in [0.2, 0.25) is 0 Å². The average Bonchev–Trinajstić information content (AvgIpc) is 2.90. The van der Waals surface area contributed by atoms with Crippen molar-refractivity contribution in [3.05, 3.63) is 54.1 Å². The molecular formula is C15H12N2O3. The lowest BCUT2D eigenvalue weighted by Gasteiger charge is -2.14. The molecule has 0 aliphatic heterocycles. The average molecular weight is 268 g/mol. The molecule has 2 aromatic carbocycles. The van der Waals surface area contributed by atoms with Crippen LogP contribution < -0.4 is 4.90 Å². The van der Waals surface area contributed by atoms with Gasteiger partial charge in [-0.2, -0.15) is 4.98 Å². The van der Waals surface area contributed by atoms with Gasteiger partial charge in [-0.05, 0) is 36.4 Å². The summed E-state index contributed by atoms with van der Waals surface area (Å²) in [5, 5.41) is 8.88. The SMILES string of the molecule is CN(c1ccc(C(=O)O)cc1)c1nc2ccccc2o1. The quantitative estimate of drug-likeness (QED) is 0.789.